The van der Waals surface area contributed by atoms with Crippen LogP contribution in [0.15, 0.2) is 18.2 Å². The monoisotopic (exact) mass is 376 g/mol. The van der Waals surface area contributed by atoms with Crippen molar-refractivity contribution >= 4 is 12.1 Å². The molecular weight excluding hydrogens is 355 g/mol. The van der Waals surface area contributed by atoms with E-state index in [-0.39, 0.29) is 16.8 Å². The Morgan fingerprint density at radius 1 is 1.30 bits per heavy atom. The first kappa shape index (κ1) is 18.9. The van der Waals surface area contributed by atoms with Gasteiger partial charge in [0.15, 0.2) is 5.75 Å². The van der Waals surface area contributed by atoms with E-state index in [1.807, 2.05) is 0 Å². The zero-order valence-corrected chi connectivity index (χ0v) is 15.7. The van der Waals surface area contributed by atoms with Crippen molar-refractivity contribution in [1.29, 1.82) is 0 Å². The van der Waals surface area contributed by atoms with Crippen LogP contribution in [-0.4, -0.2) is 41.2 Å². The Bertz CT molecular complexity index is 898. The molecule has 2 heterocycles. The summed E-state index contributed by atoms with van der Waals surface area (Å²) in [7, 11) is 1.22. The summed E-state index contributed by atoms with van der Waals surface area (Å²) in [4.78, 5) is 24.1. The fourth-order valence-corrected chi connectivity index (χ4v) is 2.81. The molecule has 0 saturated carbocycles. The molecule has 7 nitrogen and oxygen atoms in total. The molecule has 8 heteroatoms. The lowest BCUT2D eigenvalue weighted by Gasteiger charge is -2.20. The summed E-state index contributed by atoms with van der Waals surface area (Å²) in [6.07, 6.45) is 0.621. The second-order valence-corrected chi connectivity index (χ2v) is 7.15. The molecule has 1 aromatic carbocycles. The number of fused-ring (bicyclic) bond motifs is 1. The van der Waals surface area contributed by atoms with Crippen molar-refractivity contribution in [2.75, 3.05) is 13.7 Å². The third-order valence-electron chi connectivity index (χ3n) is 3.95. The van der Waals surface area contributed by atoms with Gasteiger partial charge in [-0.2, -0.15) is 9.78 Å². The van der Waals surface area contributed by atoms with Crippen LogP contribution < -0.4 is 4.74 Å². The quantitative estimate of drug-likeness (QED) is 0.746. The fraction of sp³-hybridized carbons (Fsp3) is 0.421. The molecule has 0 unspecified atom stereocenters. The summed E-state index contributed by atoms with van der Waals surface area (Å²) in [5.74, 6) is -0.946. The lowest BCUT2D eigenvalue weighted by atomic mass is 10.1. The van der Waals surface area contributed by atoms with E-state index < -0.39 is 23.5 Å². The molecule has 2 aromatic rings. The van der Waals surface area contributed by atoms with Gasteiger partial charge < -0.3 is 14.2 Å². The van der Waals surface area contributed by atoms with Crippen LogP contribution in [0.1, 0.15) is 43.2 Å². The number of aromatic nitrogens is 2. The maximum Gasteiger partial charge on any atom is 0.435 e. The molecule has 144 valence electrons. The minimum Gasteiger partial charge on any atom is -0.489 e. The van der Waals surface area contributed by atoms with Crippen LogP contribution in [0, 0.1) is 5.82 Å². The standard InChI is InChI=1S/C19H21FN2O5/c1-19(2,3)27-18(24)22-14-6-5-9-26-16(14)15(21-22)12-8-7-11(10-13(12)20)17(23)25-4/h7-8,10H,5-6,9H2,1-4H3. The predicted octanol–water partition coefficient (Wildman–Crippen LogP) is 3.58. The average molecular weight is 376 g/mol. The topological polar surface area (TPSA) is 79.7 Å². The van der Waals surface area contributed by atoms with Gasteiger partial charge >= 0.3 is 12.1 Å². The van der Waals surface area contributed by atoms with Gasteiger partial charge in [0.25, 0.3) is 0 Å². The van der Waals surface area contributed by atoms with Crippen molar-refractivity contribution in [3.05, 3.63) is 35.3 Å². The number of esters is 1. The summed E-state index contributed by atoms with van der Waals surface area (Å²) in [6, 6.07) is 3.93. The van der Waals surface area contributed by atoms with Crippen LogP contribution >= 0.6 is 0 Å². The fourth-order valence-electron chi connectivity index (χ4n) is 2.81. The molecule has 0 atom stereocenters. The summed E-state index contributed by atoms with van der Waals surface area (Å²) in [5, 5.41) is 4.26. The number of nitrogens with zero attached hydrogens (tertiary/aromatic N) is 2. The second kappa shape index (κ2) is 7.02. The zero-order chi connectivity index (χ0) is 19.8. The Morgan fingerprint density at radius 2 is 2.04 bits per heavy atom. The molecule has 1 aliphatic heterocycles. The molecule has 0 aliphatic carbocycles. The predicted molar refractivity (Wildman–Crippen MR) is 94.4 cm³/mol. The van der Waals surface area contributed by atoms with E-state index in [0.29, 0.717) is 30.9 Å². The minimum absolute atomic E-state index is 0.0834. The first-order valence-corrected chi connectivity index (χ1v) is 8.57. The first-order chi connectivity index (χ1) is 12.7. The van der Waals surface area contributed by atoms with Gasteiger partial charge in [0.05, 0.1) is 25.0 Å². The van der Waals surface area contributed by atoms with E-state index in [4.69, 9.17) is 9.47 Å². The SMILES string of the molecule is COC(=O)c1ccc(-c2nn(C(=O)OC(C)(C)C)c3c2OCCC3)c(F)c1. The Labute approximate surface area is 156 Å². The molecular formula is C19H21FN2O5. The largest absolute Gasteiger partial charge is 0.489 e. The molecule has 3 rings (SSSR count). The Hall–Kier alpha value is -2.90. The maximum absolute atomic E-state index is 14.7. The molecule has 1 aromatic heterocycles. The highest BCUT2D eigenvalue weighted by atomic mass is 19.1. The number of hydrogen-bond acceptors (Lipinski definition) is 6. The van der Waals surface area contributed by atoms with Crippen LogP contribution in [-0.2, 0) is 15.9 Å². The van der Waals surface area contributed by atoms with E-state index in [2.05, 4.69) is 9.84 Å². The number of benzene rings is 1. The number of carbonyl (C=O) groups is 2. The number of rotatable bonds is 2. The van der Waals surface area contributed by atoms with Gasteiger partial charge in [-0.25, -0.2) is 14.0 Å². The summed E-state index contributed by atoms with van der Waals surface area (Å²) >= 11 is 0. The number of carbonyl (C=O) groups excluding carboxylic acids is 2. The summed E-state index contributed by atoms with van der Waals surface area (Å²) in [6.45, 7) is 5.71. The Kier molecular flexibility index (Phi) is 4.91. The molecule has 0 spiro atoms. The van der Waals surface area contributed by atoms with E-state index in [1.54, 1.807) is 20.8 Å². The maximum atomic E-state index is 14.7. The summed E-state index contributed by atoms with van der Waals surface area (Å²) < 4.78 is 31.4. The zero-order valence-electron chi connectivity index (χ0n) is 15.7. The van der Waals surface area contributed by atoms with Crippen molar-refractivity contribution < 1.29 is 28.2 Å². The lowest BCUT2D eigenvalue weighted by molar-refractivity contribution is 0.0506. The number of hydrogen-bond donors (Lipinski definition) is 0. The molecule has 0 fully saturated rings. The van der Waals surface area contributed by atoms with Gasteiger partial charge in [-0.05, 0) is 51.8 Å². The molecule has 1 aliphatic rings. The van der Waals surface area contributed by atoms with Gasteiger partial charge in [0, 0.05) is 5.56 Å². The van der Waals surface area contributed by atoms with Crippen LogP contribution in [0.25, 0.3) is 11.3 Å². The highest BCUT2D eigenvalue weighted by Gasteiger charge is 2.30. The van der Waals surface area contributed by atoms with E-state index >= 15 is 0 Å². The van der Waals surface area contributed by atoms with Crippen molar-refractivity contribution in [2.24, 2.45) is 0 Å². The van der Waals surface area contributed by atoms with Crippen LogP contribution in [0.3, 0.4) is 0 Å². The lowest BCUT2D eigenvalue weighted by Crippen LogP contribution is -2.29. The molecule has 27 heavy (non-hydrogen) atoms. The first-order valence-electron chi connectivity index (χ1n) is 8.57. The smallest absolute Gasteiger partial charge is 0.435 e. The molecule has 0 amide bonds. The Balaban J connectivity index is 2.06. The van der Waals surface area contributed by atoms with Crippen molar-refractivity contribution in [2.45, 2.75) is 39.2 Å². The normalized spacial score (nSPS) is 13.5. The van der Waals surface area contributed by atoms with Crippen LogP contribution in [0.5, 0.6) is 5.75 Å². The van der Waals surface area contributed by atoms with E-state index in [9.17, 15) is 14.0 Å². The van der Waals surface area contributed by atoms with Crippen molar-refractivity contribution in [3.63, 3.8) is 0 Å². The van der Waals surface area contributed by atoms with Gasteiger partial charge in [0.2, 0.25) is 0 Å². The van der Waals surface area contributed by atoms with E-state index in [0.717, 1.165) is 10.7 Å². The average Bonchev–Trinajstić information content (AvgIpc) is 2.99. The van der Waals surface area contributed by atoms with Crippen molar-refractivity contribution in [3.8, 4) is 17.0 Å². The highest BCUT2D eigenvalue weighted by molar-refractivity contribution is 5.90. The van der Waals surface area contributed by atoms with Crippen LogP contribution in [0.4, 0.5) is 9.18 Å². The molecule has 0 bridgehead atoms. The van der Waals surface area contributed by atoms with Crippen molar-refractivity contribution in [1.82, 2.24) is 9.78 Å². The van der Waals surface area contributed by atoms with Gasteiger partial charge in [-0.3, -0.25) is 0 Å². The molecule has 0 saturated heterocycles. The van der Waals surface area contributed by atoms with Gasteiger partial charge in [0.1, 0.15) is 17.1 Å². The summed E-state index contributed by atoms with van der Waals surface area (Å²) in [5.41, 5.74) is 0.258. The van der Waals surface area contributed by atoms with E-state index in [1.165, 1.54) is 19.2 Å². The van der Waals surface area contributed by atoms with Gasteiger partial charge in [-0.1, -0.05) is 0 Å². The third-order valence-corrected chi connectivity index (χ3v) is 3.95. The minimum atomic E-state index is -0.695. The number of halogens is 1. The molecule has 0 radical (unpaired) electrons. The number of ether oxygens (including phenoxy) is 3. The Morgan fingerprint density at radius 3 is 2.67 bits per heavy atom. The number of methoxy groups -OCH3 is 1. The second-order valence-electron chi connectivity index (χ2n) is 7.15. The van der Waals surface area contributed by atoms with Crippen LogP contribution in [0.2, 0.25) is 0 Å². The highest BCUT2D eigenvalue weighted by Crippen LogP contribution is 2.37. The third kappa shape index (κ3) is 3.79. The molecule has 0 N–H and O–H groups in total. The van der Waals surface area contributed by atoms with Gasteiger partial charge in [-0.15, -0.1) is 0 Å².